The van der Waals surface area contributed by atoms with Crippen molar-refractivity contribution in [3.63, 3.8) is 0 Å². The van der Waals surface area contributed by atoms with E-state index >= 15 is 0 Å². The molecule has 76 valence electrons. The van der Waals surface area contributed by atoms with E-state index in [0.29, 0.717) is 25.3 Å². The lowest BCUT2D eigenvalue weighted by Gasteiger charge is -2.13. The summed E-state index contributed by atoms with van der Waals surface area (Å²) in [6, 6.07) is -0.452. The average molecular weight is 186 g/mol. The van der Waals surface area contributed by atoms with Gasteiger partial charge in [-0.3, -0.25) is 4.79 Å². The highest BCUT2D eigenvalue weighted by molar-refractivity contribution is 5.81. The third-order valence-corrected chi connectivity index (χ3v) is 1.62. The fourth-order valence-corrected chi connectivity index (χ4v) is 1.00. The van der Waals surface area contributed by atoms with Crippen molar-refractivity contribution in [2.75, 3.05) is 6.54 Å². The van der Waals surface area contributed by atoms with E-state index in [-0.39, 0.29) is 5.91 Å². The molecule has 4 nitrogen and oxygen atoms in total. The predicted octanol–water partition coefficient (Wildman–Crippen LogP) is 0.0650. The molecule has 0 aliphatic heterocycles. The molecule has 0 aromatic rings. The number of amides is 1. The first-order valence-electron chi connectivity index (χ1n) is 4.54. The third-order valence-electron chi connectivity index (χ3n) is 1.62. The first-order chi connectivity index (χ1) is 6.07. The highest BCUT2D eigenvalue weighted by Crippen LogP contribution is 2.02. The summed E-state index contributed by atoms with van der Waals surface area (Å²) < 4.78 is 0. The van der Waals surface area contributed by atoms with Gasteiger partial charge in [0.05, 0.1) is 6.04 Å². The van der Waals surface area contributed by atoms with E-state index in [0.717, 1.165) is 6.29 Å². The van der Waals surface area contributed by atoms with Gasteiger partial charge in [0.2, 0.25) is 5.91 Å². The molecule has 1 amide bonds. The Bertz CT molecular complexity index is 169. The number of hydrogen-bond donors (Lipinski definition) is 2. The van der Waals surface area contributed by atoms with Gasteiger partial charge in [0.15, 0.2) is 0 Å². The Morgan fingerprint density at radius 1 is 1.54 bits per heavy atom. The molecule has 0 saturated heterocycles. The van der Waals surface area contributed by atoms with Crippen LogP contribution < -0.4 is 11.1 Å². The van der Waals surface area contributed by atoms with Crippen molar-refractivity contribution in [2.45, 2.75) is 32.7 Å². The fourth-order valence-electron chi connectivity index (χ4n) is 1.00. The van der Waals surface area contributed by atoms with Crippen LogP contribution in [-0.4, -0.2) is 24.8 Å². The minimum absolute atomic E-state index is 0.171. The number of carbonyl (C=O) groups excluding carboxylic acids is 2. The Hall–Kier alpha value is -0.900. The van der Waals surface area contributed by atoms with Gasteiger partial charge in [-0.1, -0.05) is 13.8 Å². The summed E-state index contributed by atoms with van der Waals surface area (Å²) in [5.74, 6) is 0.238. The number of hydrogen-bond acceptors (Lipinski definition) is 3. The Morgan fingerprint density at radius 3 is 2.62 bits per heavy atom. The molecule has 0 spiro atoms. The maximum atomic E-state index is 11.2. The highest BCUT2D eigenvalue weighted by atomic mass is 16.2. The maximum absolute atomic E-state index is 11.2. The molecule has 4 heteroatoms. The summed E-state index contributed by atoms with van der Waals surface area (Å²) >= 11 is 0. The molecule has 0 aromatic carbocycles. The molecule has 3 N–H and O–H groups in total. The van der Waals surface area contributed by atoms with Crippen LogP contribution in [0.4, 0.5) is 0 Å². The molecular weight excluding hydrogens is 168 g/mol. The first kappa shape index (κ1) is 12.1. The van der Waals surface area contributed by atoms with Crippen LogP contribution in [0.25, 0.3) is 0 Å². The topological polar surface area (TPSA) is 72.2 Å². The lowest BCUT2D eigenvalue weighted by molar-refractivity contribution is -0.122. The van der Waals surface area contributed by atoms with Crippen LogP contribution in [-0.2, 0) is 9.59 Å². The quantitative estimate of drug-likeness (QED) is 0.455. The van der Waals surface area contributed by atoms with Crippen molar-refractivity contribution in [1.29, 1.82) is 0 Å². The second-order valence-electron chi connectivity index (χ2n) is 3.48. The Labute approximate surface area is 78.9 Å². The third kappa shape index (κ3) is 6.28. The molecule has 0 aromatic heterocycles. The van der Waals surface area contributed by atoms with E-state index in [1.54, 1.807) is 0 Å². The van der Waals surface area contributed by atoms with Crippen LogP contribution >= 0.6 is 0 Å². The molecule has 0 radical (unpaired) electrons. The largest absolute Gasteiger partial charge is 0.354 e. The van der Waals surface area contributed by atoms with Crippen molar-refractivity contribution in [3.8, 4) is 0 Å². The predicted molar refractivity (Wildman–Crippen MR) is 51.1 cm³/mol. The summed E-state index contributed by atoms with van der Waals surface area (Å²) in [6.45, 7) is 4.41. The van der Waals surface area contributed by atoms with Crippen LogP contribution in [0.1, 0.15) is 26.7 Å². The molecule has 0 rings (SSSR count). The van der Waals surface area contributed by atoms with Gasteiger partial charge in [-0.15, -0.1) is 0 Å². The van der Waals surface area contributed by atoms with Gasteiger partial charge in [0, 0.05) is 13.0 Å². The van der Waals surface area contributed by atoms with E-state index in [9.17, 15) is 9.59 Å². The highest BCUT2D eigenvalue weighted by Gasteiger charge is 2.13. The first-order valence-corrected chi connectivity index (χ1v) is 4.54. The minimum atomic E-state index is -0.452. The monoisotopic (exact) mass is 186 g/mol. The lowest BCUT2D eigenvalue weighted by atomic mass is 10.0. The smallest absolute Gasteiger partial charge is 0.236 e. The fraction of sp³-hybridized carbons (Fsp3) is 0.778. The second kappa shape index (κ2) is 6.60. The SMILES string of the molecule is CC(C)C[C@H](N)C(=O)NCCC=O. The second-order valence-corrected chi connectivity index (χ2v) is 3.48. The Morgan fingerprint density at radius 2 is 2.15 bits per heavy atom. The van der Waals surface area contributed by atoms with Crippen molar-refractivity contribution >= 4 is 12.2 Å². The molecule has 0 aliphatic carbocycles. The number of carbonyl (C=O) groups is 2. The number of nitrogens with one attached hydrogen (secondary N) is 1. The van der Waals surface area contributed by atoms with Crippen molar-refractivity contribution < 1.29 is 9.59 Å². The van der Waals surface area contributed by atoms with Gasteiger partial charge in [-0.05, 0) is 12.3 Å². The summed E-state index contributed by atoms with van der Waals surface area (Å²) in [4.78, 5) is 21.2. The van der Waals surface area contributed by atoms with Gasteiger partial charge in [0.1, 0.15) is 6.29 Å². The van der Waals surface area contributed by atoms with Crippen LogP contribution in [0.5, 0.6) is 0 Å². The van der Waals surface area contributed by atoms with Gasteiger partial charge >= 0.3 is 0 Å². The summed E-state index contributed by atoms with van der Waals surface area (Å²) in [6.07, 6.45) is 1.79. The molecule has 0 heterocycles. The van der Waals surface area contributed by atoms with Gasteiger partial charge in [-0.2, -0.15) is 0 Å². The zero-order chi connectivity index (χ0) is 10.3. The van der Waals surface area contributed by atoms with Crippen molar-refractivity contribution in [1.82, 2.24) is 5.32 Å². The van der Waals surface area contributed by atoms with E-state index in [4.69, 9.17) is 5.73 Å². The van der Waals surface area contributed by atoms with Crippen LogP contribution in [0, 0.1) is 5.92 Å². The van der Waals surface area contributed by atoms with E-state index < -0.39 is 6.04 Å². The molecule has 0 fully saturated rings. The number of rotatable bonds is 6. The molecule has 13 heavy (non-hydrogen) atoms. The summed E-state index contributed by atoms with van der Waals surface area (Å²) in [5.41, 5.74) is 5.60. The van der Waals surface area contributed by atoms with Crippen molar-refractivity contribution in [2.24, 2.45) is 11.7 Å². The minimum Gasteiger partial charge on any atom is -0.354 e. The van der Waals surface area contributed by atoms with E-state index in [2.05, 4.69) is 5.32 Å². The maximum Gasteiger partial charge on any atom is 0.236 e. The van der Waals surface area contributed by atoms with Crippen LogP contribution in [0.15, 0.2) is 0 Å². The van der Waals surface area contributed by atoms with Gasteiger partial charge in [0.25, 0.3) is 0 Å². The molecule has 0 unspecified atom stereocenters. The summed E-state index contributed by atoms with van der Waals surface area (Å²) in [7, 11) is 0. The average Bonchev–Trinajstić information content (AvgIpc) is 2.03. The number of nitrogens with two attached hydrogens (primary N) is 1. The van der Waals surface area contributed by atoms with Gasteiger partial charge < -0.3 is 15.8 Å². The molecular formula is C9H18N2O2. The summed E-state index contributed by atoms with van der Waals surface area (Å²) in [5, 5.41) is 2.59. The zero-order valence-corrected chi connectivity index (χ0v) is 8.25. The van der Waals surface area contributed by atoms with Gasteiger partial charge in [-0.25, -0.2) is 0 Å². The zero-order valence-electron chi connectivity index (χ0n) is 8.25. The lowest BCUT2D eigenvalue weighted by Crippen LogP contribution is -2.41. The van der Waals surface area contributed by atoms with E-state index in [1.165, 1.54) is 0 Å². The van der Waals surface area contributed by atoms with Crippen molar-refractivity contribution in [3.05, 3.63) is 0 Å². The van der Waals surface area contributed by atoms with E-state index in [1.807, 2.05) is 13.8 Å². The Kier molecular flexibility index (Phi) is 6.14. The van der Waals surface area contributed by atoms with Crippen LogP contribution in [0.3, 0.4) is 0 Å². The molecule has 0 bridgehead atoms. The van der Waals surface area contributed by atoms with Crippen LogP contribution in [0.2, 0.25) is 0 Å². The number of aldehydes is 1. The normalized spacial score (nSPS) is 12.6. The Balaban J connectivity index is 3.62. The molecule has 0 saturated carbocycles. The standard InChI is InChI=1S/C9H18N2O2/c1-7(2)6-8(10)9(13)11-4-3-5-12/h5,7-8H,3-4,6,10H2,1-2H3,(H,11,13)/t8-/m0/s1. The molecule has 0 aliphatic rings. The molecule has 1 atom stereocenters.